The molecule has 4 nitrogen and oxygen atoms in total. The van der Waals surface area contributed by atoms with Crippen LogP contribution in [0.3, 0.4) is 0 Å². The zero-order valence-corrected chi connectivity index (χ0v) is 16.1. The van der Waals surface area contributed by atoms with Gasteiger partial charge in [0.25, 0.3) is 0 Å². The number of rotatable bonds is 9. The average Bonchev–Trinajstić information content (AvgIpc) is 2.62. The first kappa shape index (κ1) is 21.3. The predicted molar refractivity (Wildman–Crippen MR) is 106 cm³/mol. The standard InChI is InChI=1S/C20H28N2O2.ClH/c1-16-13-19(23-2)20(24-3)14-18(16)15-22(12-10-21)11-9-17-7-5-4-6-8-17;/h4-8,13-14H,9-12,15,21H2,1-3H3;1H. The second-order valence-electron chi connectivity index (χ2n) is 5.93. The Labute approximate surface area is 157 Å². The number of ether oxygens (including phenoxy) is 2. The van der Waals surface area contributed by atoms with Crippen LogP contribution in [0.4, 0.5) is 0 Å². The van der Waals surface area contributed by atoms with Crippen molar-refractivity contribution in [3.63, 3.8) is 0 Å². The summed E-state index contributed by atoms with van der Waals surface area (Å²) in [6, 6.07) is 14.7. The van der Waals surface area contributed by atoms with Crippen molar-refractivity contribution in [2.24, 2.45) is 5.73 Å². The number of halogens is 1. The van der Waals surface area contributed by atoms with E-state index < -0.39 is 0 Å². The summed E-state index contributed by atoms with van der Waals surface area (Å²) in [6.45, 7) is 5.47. The highest BCUT2D eigenvalue weighted by Crippen LogP contribution is 2.30. The maximum atomic E-state index is 5.81. The van der Waals surface area contributed by atoms with E-state index in [2.05, 4.69) is 42.2 Å². The summed E-state index contributed by atoms with van der Waals surface area (Å²) in [5, 5.41) is 0. The highest BCUT2D eigenvalue weighted by molar-refractivity contribution is 5.85. The summed E-state index contributed by atoms with van der Waals surface area (Å²) in [5.74, 6) is 1.54. The largest absolute Gasteiger partial charge is 0.493 e. The zero-order chi connectivity index (χ0) is 17.4. The van der Waals surface area contributed by atoms with E-state index >= 15 is 0 Å². The van der Waals surface area contributed by atoms with E-state index in [-0.39, 0.29) is 12.4 Å². The predicted octanol–water partition coefficient (Wildman–Crippen LogP) is 3.44. The molecule has 2 N–H and O–H groups in total. The van der Waals surface area contributed by atoms with Gasteiger partial charge < -0.3 is 15.2 Å². The molecule has 0 heterocycles. The minimum absolute atomic E-state index is 0. The zero-order valence-electron chi connectivity index (χ0n) is 15.3. The van der Waals surface area contributed by atoms with Crippen molar-refractivity contribution in [1.29, 1.82) is 0 Å². The van der Waals surface area contributed by atoms with Gasteiger partial charge in [-0.25, -0.2) is 0 Å². The molecular formula is C20H29ClN2O2. The van der Waals surface area contributed by atoms with Gasteiger partial charge in [0.05, 0.1) is 14.2 Å². The van der Waals surface area contributed by atoms with E-state index in [1.165, 1.54) is 16.7 Å². The van der Waals surface area contributed by atoms with Crippen molar-refractivity contribution in [3.05, 3.63) is 59.2 Å². The van der Waals surface area contributed by atoms with Crippen LogP contribution in [0.1, 0.15) is 16.7 Å². The topological polar surface area (TPSA) is 47.7 Å². The van der Waals surface area contributed by atoms with Gasteiger partial charge in [0.1, 0.15) is 0 Å². The van der Waals surface area contributed by atoms with Gasteiger partial charge in [-0.1, -0.05) is 30.3 Å². The minimum Gasteiger partial charge on any atom is -0.493 e. The van der Waals surface area contributed by atoms with E-state index in [4.69, 9.17) is 15.2 Å². The van der Waals surface area contributed by atoms with E-state index in [9.17, 15) is 0 Å². The molecule has 5 heteroatoms. The summed E-state index contributed by atoms with van der Waals surface area (Å²) in [5.41, 5.74) is 9.60. The molecule has 0 aliphatic rings. The molecule has 2 rings (SSSR count). The summed E-state index contributed by atoms with van der Waals surface area (Å²) in [4.78, 5) is 2.39. The molecular weight excluding hydrogens is 336 g/mol. The maximum absolute atomic E-state index is 5.81. The lowest BCUT2D eigenvalue weighted by Gasteiger charge is -2.23. The third kappa shape index (κ3) is 6.24. The number of nitrogens with zero attached hydrogens (tertiary/aromatic N) is 1. The third-order valence-electron chi connectivity index (χ3n) is 4.24. The molecule has 0 saturated heterocycles. The quantitative estimate of drug-likeness (QED) is 0.740. The average molecular weight is 365 g/mol. The monoisotopic (exact) mass is 364 g/mol. The summed E-state index contributed by atoms with van der Waals surface area (Å²) >= 11 is 0. The van der Waals surface area contributed by atoms with Gasteiger partial charge >= 0.3 is 0 Å². The second kappa shape index (κ2) is 11.0. The Hall–Kier alpha value is -1.75. The molecule has 0 fully saturated rings. The number of aryl methyl sites for hydroxylation is 1. The molecule has 0 aliphatic heterocycles. The molecule has 0 atom stereocenters. The van der Waals surface area contributed by atoms with Crippen LogP contribution in [0.25, 0.3) is 0 Å². The lowest BCUT2D eigenvalue weighted by atomic mass is 10.1. The molecule has 2 aromatic rings. The normalized spacial score (nSPS) is 10.4. The highest BCUT2D eigenvalue weighted by Gasteiger charge is 2.12. The Bertz CT molecular complexity index is 635. The Balaban J connectivity index is 0.00000312. The van der Waals surface area contributed by atoms with Crippen LogP contribution in [-0.2, 0) is 13.0 Å². The van der Waals surface area contributed by atoms with E-state index in [1.54, 1.807) is 14.2 Å². The molecule has 0 amide bonds. The van der Waals surface area contributed by atoms with Crippen molar-refractivity contribution in [3.8, 4) is 11.5 Å². The van der Waals surface area contributed by atoms with Crippen LogP contribution in [0.2, 0.25) is 0 Å². The van der Waals surface area contributed by atoms with Gasteiger partial charge in [-0.05, 0) is 42.2 Å². The first-order valence-corrected chi connectivity index (χ1v) is 8.35. The first-order valence-electron chi connectivity index (χ1n) is 8.35. The number of nitrogens with two attached hydrogens (primary N) is 1. The van der Waals surface area contributed by atoms with Crippen molar-refractivity contribution in [2.45, 2.75) is 19.9 Å². The molecule has 0 radical (unpaired) electrons. The van der Waals surface area contributed by atoms with Gasteiger partial charge in [-0.3, -0.25) is 4.90 Å². The molecule has 0 aliphatic carbocycles. The molecule has 0 aromatic heterocycles. The lowest BCUT2D eigenvalue weighted by molar-refractivity contribution is 0.275. The summed E-state index contributed by atoms with van der Waals surface area (Å²) in [7, 11) is 3.33. The summed E-state index contributed by atoms with van der Waals surface area (Å²) in [6.07, 6.45) is 1.02. The first-order chi connectivity index (χ1) is 11.7. The van der Waals surface area contributed by atoms with Gasteiger partial charge in [-0.2, -0.15) is 0 Å². The molecule has 0 spiro atoms. The minimum atomic E-state index is 0. The van der Waals surface area contributed by atoms with Crippen LogP contribution in [-0.4, -0.2) is 38.8 Å². The smallest absolute Gasteiger partial charge is 0.161 e. The molecule has 0 saturated carbocycles. The Kier molecular flexibility index (Phi) is 9.35. The van der Waals surface area contributed by atoms with Gasteiger partial charge in [0, 0.05) is 26.2 Å². The Morgan fingerprint density at radius 2 is 1.60 bits per heavy atom. The van der Waals surface area contributed by atoms with Crippen LogP contribution in [0, 0.1) is 6.92 Å². The Morgan fingerprint density at radius 3 is 2.20 bits per heavy atom. The van der Waals surface area contributed by atoms with Gasteiger partial charge in [0.15, 0.2) is 11.5 Å². The van der Waals surface area contributed by atoms with Crippen molar-refractivity contribution in [2.75, 3.05) is 33.9 Å². The van der Waals surface area contributed by atoms with Crippen molar-refractivity contribution in [1.82, 2.24) is 4.90 Å². The van der Waals surface area contributed by atoms with E-state index in [0.717, 1.165) is 37.6 Å². The fourth-order valence-corrected chi connectivity index (χ4v) is 2.82. The highest BCUT2D eigenvalue weighted by atomic mass is 35.5. The van der Waals surface area contributed by atoms with Crippen molar-refractivity contribution < 1.29 is 9.47 Å². The maximum Gasteiger partial charge on any atom is 0.161 e. The van der Waals surface area contributed by atoms with E-state index in [1.807, 2.05) is 12.1 Å². The fourth-order valence-electron chi connectivity index (χ4n) is 2.82. The number of hydrogen-bond acceptors (Lipinski definition) is 4. The van der Waals surface area contributed by atoms with Crippen LogP contribution < -0.4 is 15.2 Å². The van der Waals surface area contributed by atoms with Gasteiger partial charge in [-0.15, -0.1) is 12.4 Å². The molecule has 0 unspecified atom stereocenters. The van der Waals surface area contributed by atoms with Gasteiger partial charge in [0.2, 0.25) is 0 Å². The SMILES string of the molecule is COc1cc(C)c(CN(CCN)CCc2ccccc2)cc1OC.Cl. The number of benzene rings is 2. The summed E-state index contributed by atoms with van der Waals surface area (Å²) < 4.78 is 10.8. The van der Waals surface area contributed by atoms with Crippen molar-refractivity contribution >= 4 is 12.4 Å². The second-order valence-corrected chi connectivity index (χ2v) is 5.93. The molecule has 0 bridgehead atoms. The lowest BCUT2D eigenvalue weighted by Crippen LogP contribution is -2.31. The van der Waals surface area contributed by atoms with Crippen LogP contribution in [0.15, 0.2) is 42.5 Å². The van der Waals surface area contributed by atoms with Crippen LogP contribution >= 0.6 is 12.4 Å². The number of hydrogen-bond donors (Lipinski definition) is 1. The molecule has 2 aromatic carbocycles. The fraction of sp³-hybridized carbons (Fsp3) is 0.400. The van der Waals surface area contributed by atoms with Crippen LogP contribution in [0.5, 0.6) is 11.5 Å². The third-order valence-corrected chi connectivity index (χ3v) is 4.24. The molecule has 25 heavy (non-hydrogen) atoms. The molecule has 138 valence electrons. The Morgan fingerprint density at radius 1 is 0.960 bits per heavy atom. The number of methoxy groups -OCH3 is 2. The van der Waals surface area contributed by atoms with E-state index in [0.29, 0.717) is 6.54 Å².